The lowest BCUT2D eigenvalue weighted by molar-refractivity contribution is -0.384. The molecule has 6 nitrogen and oxygen atoms in total. The van der Waals surface area contributed by atoms with Crippen LogP contribution < -0.4 is 4.74 Å². The number of halogens is 3. The fraction of sp³-hybridized carbons (Fsp3) is 0.0909. The Labute approximate surface area is 132 Å². The fourth-order valence-electron chi connectivity index (χ4n) is 1.31. The van der Waals surface area contributed by atoms with Crippen molar-refractivity contribution in [2.45, 2.75) is 5.33 Å². The van der Waals surface area contributed by atoms with Gasteiger partial charge in [0.05, 0.1) is 15.0 Å². The van der Waals surface area contributed by atoms with E-state index in [0.717, 1.165) is 17.7 Å². The van der Waals surface area contributed by atoms with Crippen molar-refractivity contribution >= 4 is 44.8 Å². The molecule has 0 radical (unpaired) electrons. The Morgan fingerprint density at radius 3 is 2.25 bits per heavy atom. The van der Waals surface area contributed by atoms with E-state index < -0.39 is 4.92 Å². The zero-order chi connectivity index (χ0) is 14.7. The molecular formula is C11H6BrCl2N3O3. The first-order valence-electron chi connectivity index (χ1n) is 5.19. The molecule has 0 aliphatic rings. The van der Waals surface area contributed by atoms with Crippen molar-refractivity contribution in [1.29, 1.82) is 0 Å². The lowest BCUT2D eigenvalue weighted by atomic mass is 10.3. The molecule has 0 spiro atoms. The summed E-state index contributed by atoms with van der Waals surface area (Å²) in [6.07, 6.45) is 3.15. The summed E-state index contributed by atoms with van der Waals surface area (Å²) in [5.74, 6) is 0.0746. The van der Waals surface area contributed by atoms with Crippen LogP contribution in [0.2, 0.25) is 10.0 Å². The largest absolute Gasteiger partial charge is 0.421 e. The SMILES string of the molecule is O=[N+]([O-])c1cc(Cl)c(Oc2ncc(CBr)cn2)c(Cl)c1. The van der Waals surface area contributed by atoms with E-state index in [9.17, 15) is 10.1 Å². The van der Waals surface area contributed by atoms with E-state index >= 15 is 0 Å². The summed E-state index contributed by atoms with van der Waals surface area (Å²) in [7, 11) is 0. The molecule has 0 amide bonds. The van der Waals surface area contributed by atoms with Crippen LogP contribution in [-0.4, -0.2) is 14.9 Å². The maximum Gasteiger partial charge on any atom is 0.321 e. The summed E-state index contributed by atoms with van der Waals surface area (Å²) in [6.45, 7) is 0. The van der Waals surface area contributed by atoms with Crippen LogP contribution in [0.3, 0.4) is 0 Å². The standard InChI is InChI=1S/C11H6BrCl2N3O3/c12-3-6-4-15-11(16-5-6)20-10-8(13)1-7(17(18)19)2-9(10)14/h1-2,4-5H,3H2. The monoisotopic (exact) mass is 377 g/mol. The van der Waals surface area contributed by atoms with E-state index in [1.807, 2.05) is 0 Å². The van der Waals surface area contributed by atoms with E-state index in [1.54, 1.807) is 12.4 Å². The van der Waals surface area contributed by atoms with Gasteiger partial charge in [-0.05, 0) is 5.56 Å². The minimum Gasteiger partial charge on any atom is -0.421 e. The molecule has 9 heteroatoms. The van der Waals surface area contributed by atoms with Gasteiger partial charge in [0.1, 0.15) is 0 Å². The van der Waals surface area contributed by atoms with Crippen molar-refractivity contribution in [2.75, 3.05) is 0 Å². The van der Waals surface area contributed by atoms with Gasteiger partial charge in [0.25, 0.3) is 5.69 Å². The molecule has 1 aromatic carbocycles. The molecule has 2 rings (SSSR count). The summed E-state index contributed by atoms with van der Waals surface area (Å²) in [4.78, 5) is 18.0. The number of ether oxygens (including phenoxy) is 1. The summed E-state index contributed by atoms with van der Waals surface area (Å²) in [6, 6.07) is 2.35. The van der Waals surface area contributed by atoms with Crippen LogP contribution in [0.4, 0.5) is 5.69 Å². The number of aromatic nitrogens is 2. The molecule has 0 saturated carbocycles. The molecule has 0 bridgehead atoms. The average molecular weight is 379 g/mol. The van der Waals surface area contributed by atoms with Crippen LogP contribution in [0.1, 0.15) is 5.56 Å². The zero-order valence-corrected chi connectivity index (χ0v) is 12.8. The molecule has 2 aromatic rings. The molecular weight excluding hydrogens is 373 g/mol. The molecule has 0 unspecified atom stereocenters. The second kappa shape index (κ2) is 6.34. The third-order valence-electron chi connectivity index (χ3n) is 2.22. The number of nitro benzene ring substituents is 1. The van der Waals surface area contributed by atoms with Crippen LogP contribution in [0.15, 0.2) is 24.5 Å². The highest BCUT2D eigenvalue weighted by atomic mass is 79.9. The summed E-state index contributed by atoms with van der Waals surface area (Å²) < 4.78 is 5.35. The van der Waals surface area contributed by atoms with Crippen molar-refractivity contribution in [3.8, 4) is 11.8 Å². The Bertz CT molecular complexity index is 629. The molecule has 104 valence electrons. The van der Waals surface area contributed by atoms with Crippen molar-refractivity contribution < 1.29 is 9.66 Å². The maximum atomic E-state index is 10.7. The van der Waals surface area contributed by atoms with Gasteiger partial charge < -0.3 is 4.74 Å². The topological polar surface area (TPSA) is 78.2 Å². The summed E-state index contributed by atoms with van der Waals surface area (Å²) in [5, 5.41) is 11.3. The second-order valence-electron chi connectivity index (χ2n) is 3.61. The van der Waals surface area contributed by atoms with Gasteiger partial charge in [-0.1, -0.05) is 39.1 Å². The third-order valence-corrected chi connectivity index (χ3v) is 3.43. The fourth-order valence-corrected chi connectivity index (χ4v) is 2.15. The third kappa shape index (κ3) is 3.36. The van der Waals surface area contributed by atoms with Crippen LogP contribution >= 0.6 is 39.1 Å². The predicted octanol–water partition coefficient (Wildman–Crippen LogP) is 4.38. The molecule has 0 aliphatic carbocycles. The van der Waals surface area contributed by atoms with Crippen molar-refractivity contribution in [3.63, 3.8) is 0 Å². The van der Waals surface area contributed by atoms with E-state index in [4.69, 9.17) is 27.9 Å². The highest BCUT2D eigenvalue weighted by molar-refractivity contribution is 9.08. The summed E-state index contributed by atoms with van der Waals surface area (Å²) >= 11 is 15.1. The Balaban J connectivity index is 2.30. The van der Waals surface area contributed by atoms with E-state index in [-0.39, 0.29) is 27.5 Å². The molecule has 0 fully saturated rings. The minimum absolute atomic E-state index is 0.0115. The number of hydrogen-bond donors (Lipinski definition) is 0. The van der Waals surface area contributed by atoms with E-state index in [0.29, 0.717) is 5.33 Å². The van der Waals surface area contributed by atoms with Gasteiger partial charge in [-0.25, -0.2) is 9.97 Å². The van der Waals surface area contributed by atoms with Gasteiger partial charge in [0.15, 0.2) is 5.75 Å². The van der Waals surface area contributed by atoms with Gasteiger partial charge in [0, 0.05) is 29.9 Å². The second-order valence-corrected chi connectivity index (χ2v) is 4.98. The van der Waals surface area contributed by atoms with Crippen molar-refractivity contribution in [1.82, 2.24) is 9.97 Å². The number of non-ortho nitro benzene ring substituents is 1. The number of nitrogens with zero attached hydrogens (tertiary/aromatic N) is 3. The molecule has 20 heavy (non-hydrogen) atoms. The zero-order valence-electron chi connectivity index (χ0n) is 9.72. The predicted molar refractivity (Wildman–Crippen MR) is 77.9 cm³/mol. The molecule has 1 aromatic heterocycles. The van der Waals surface area contributed by atoms with Crippen molar-refractivity contribution in [3.05, 3.63) is 50.2 Å². The maximum absolute atomic E-state index is 10.7. The van der Waals surface area contributed by atoms with Gasteiger partial charge in [-0.15, -0.1) is 0 Å². The quantitative estimate of drug-likeness (QED) is 0.448. The van der Waals surface area contributed by atoms with Gasteiger partial charge in [-0.3, -0.25) is 10.1 Å². The molecule has 0 N–H and O–H groups in total. The van der Waals surface area contributed by atoms with Gasteiger partial charge in [0.2, 0.25) is 0 Å². The highest BCUT2D eigenvalue weighted by Crippen LogP contribution is 2.38. The first-order valence-corrected chi connectivity index (χ1v) is 7.07. The normalized spacial score (nSPS) is 10.3. The van der Waals surface area contributed by atoms with E-state index in [2.05, 4.69) is 25.9 Å². The molecule has 0 atom stereocenters. The highest BCUT2D eigenvalue weighted by Gasteiger charge is 2.17. The van der Waals surface area contributed by atoms with Crippen LogP contribution in [0.25, 0.3) is 0 Å². The van der Waals surface area contributed by atoms with Gasteiger partial charge >= 0.3 is 6.01 Å². The Hall–Kier alpha value is -1.44. The van der Waals surface area contributed by atoms with Gasteiger partial charge in [-0.2, -0.15) is 0 Å². The van der Waals surface area contributed by atoms with Crippen LogP contribution in [0.5, 0.6) is 11.8 Å². The Morgan fingerprint density at radius 1 is 1.25 bits per heavy atom. The number of hydrogen-bond acceptors (Lipinski definition) is 5. The Kier molecular flexibility index (Phi) is 4.74. The first kappa shape index (κ1) is 15.0. The summed E-state index contributed by atoms with van der Waals surface area (Å²) in [5.41, 5.74) is 0.654. The Morgan fingerprint density at radius 2 is 1.80 bits per heavy atom. The minimum atomic E-state index is -0.594. The average Bonchev–Trinajstić information content (AvgIpc) is 2.43. The smallest absolute Gasteiger partial charge is 0.321 e. The number of nitro groups is 1. The first-order chi connectivity index (χ1) is 9.51. The lowest BCUT2D eigenvalue weighted by Crippen LogP contribution is -1.95. The molecule has 0 saturated heterocycles. The van der Waals surface area contributed by atoms with Crippen LogP contribution in [-0.2, 0) is 5.33 Å². The number of rotatable bonds is 4. The lowest BCUT2D eigenvalue weighted by Gasteiger charge is -2.07. The number of alkyl halides is 1. The van der Waals surface area contributed by atoms with Crippen molar-refractivity contribution in [2.24, 2.45) is 0 Å². The number of benzene rings is 1. The van der Waals surface area contributed by atoms with E-state index in [1.165, 1.54) is 0 Å². The van der Waals surface area contributed by atoms with Crippen LogP contribution in [0, 0.1) is 10.1 Å². The molecule has 1 heterocycles. The molecule has 0 aliphatic heterocycles.